The normalized spacial score (nSPS) is 27.4. The Kier molecular flexibility index (Phi) is 4.73. The van der Waals surface area contributed by atoms with Crippen LogP contribution in [-0.2, 0) is 22.5 Å². The van der Waals surface area contributed by atoms with E-state index in [1.807, 2.05) is 0 Å². The molecule has 0 spiro atoms. The van der Waals surface area contributed by atoms with Crippen molar-refractivity contribution in [2.24, 2.45) is 11.3 Å². The van der Waals surface area contributed by atoms with E-state index in [0.29, 0.717) is 5.92 Å². The zero-order chi connectivity index (χ0) is 16.4. The van der Waals surface area contributed by atoms with Crippen molar-refractivity contribution >= 4 is 5.91 Å². The van der Waals surface area contributed by atoms with Crippen LogP contribution in [0.15, 0.2) is 10.6 Å². The second-order valence-electron chi connectivity index (χ2n) is 7.38. The third-order valence-electron chi connectivity index (χ3n) is 5.39. The summed E-state index contributed by atoms with van der Waals surface area (Å²) in [5, 5.41) is 7.28. The van der Waals surface area contributed by atoms with E-state index >= 15 is 0 Å². The van der Waals surface area contributed by atoms with Crippen molar-refractivity contribution in [3.8, 4) is 0 Å². The van der Waals surface area contributed by atoms with E-state index in [1.165, 1.54) is 0 Å². The lowest BCUT2D eigenvalue weighted by atomic mass is 9.57. The molecule has 3 rings (SSSR count). The Morgan fingerprint density at radius 1 is 1.43 bits per heavy atom. The summed E-state index contributed by atoms with van der Waals surface area (Å²) < 4.78 is 10.9. The summed E-state index contributed by atoms with van der Waals surface area (Å²) in [6.45, 7) is 10.3. The number of rotatable bonds is 5. The van der Waals surface area contributed by atoms with Gasteiger partial charge < -0.3 is 14.6 Å². The van der Waals surface area contributed by atoms with E-state index in [4.69, 9.17) is 9.26 Å². The number of carbonyl (C=O) groups excluding carboxylic acids is 1. The molecule has 6 heteroatoms. The predicted molar refractivity (Wildman–Crippen MR) is 85.8 cm³/mol. The number of nitrogens with zero attached hydrogens (tertiary/aromatic N) is 2. The maximum atomic E-state index is 11.2. The van der Waals surface area contributed by atoms with Crippen LogP contribution in [-0.4, -0.2) is 48.3 Å². The van der Waals surface area contributed by atoms with Gasteiger partial charge in [-0.3, -0.25) is 9.69 Å². The zero-order valence-electron chi connectivity index (χ0n) is 14.3. The Hall–Kier alpha value is -1.40. The van der Waals surface area contributed by atoms with Crippen molar-refractivity contribution in [1.82, 2.24) is 15.4 Å². The van der Waals surface area contributed by atoms with Crippen molar-refractivity contribution in [3.05, 3.63) is 17.5 Å². The highest BCUT2D eigenvalue weighted by molar-refractivity contribution is 5.73. The standard InChI is InChI=1S/C17H27N3O3/c1-12(21)18-16-9-13(17(16,2)3)8-14-10-15(23-19-14)11-20-4-6-22-7-5-20/h10,13,16H,4-9,11H2,1-3H3,(H,18,21)/t13-,16+/m1/s1. The molecule has 1 amide bonds. The van der Waals surface area contributed by atoms with Crippen LogP contribution in [0, 0.1) is 11.3 Å². The molecule has 0 aromatic carbocycles. The van der Waals surface area contributed by atoms with Gasteiger partial charge in [-0.1, -0.05) is 19.0 Å². The molecule has 2 atom stereocenters. The molecule has 0 radical (unpaired) electrons. The lowest BCUT2D eigenvalue weighted by Gasteiger charge is -2.52. The molecule has 2 aliphatic rings. The maximum Gasteiger partial charge on any atom is 0.217 e. The van der Waals surface area contributed by atoms with Crippen molar-refractivity contribution in [3.63, 3.8) is 0 Å². The first-order valence-electron chi connectivity index (χ1n) is 8.47. The maximum absolute atomic E-state index is 11.2. The molecular weight excluding hydrogens is 294 g/mol. The second kappa shape index (κ2) is 6.61. The second-order valence-corrected chi connectivity index (χ2v) is 7.38. The van der Waals surface area contributed by atoms with Crippen molar-refractivity contribution in [2.75, 3.05) is 26.3 Å². The molecule has 128 valence electrons. The smallest absolute Gasteiger partial charge is 0.217 e. The van der Waals surface area contributed by atoms with Gasteiger partial charge in [0, 0.05) is 32.1 Å². The Balaban J connectivity index is 1.52. The van der Waals surface area contributed by atoms with Gasteiger partial charge in [0.15, 0.2) is 5.76 Å². The highest BCUT2D eigenvalue weighted by atomic mass is 16.5. The number of hydrogen-bond donors (Lipinski definition) is 1. The van der Waals surface area contributed by atoms with E-state index < -0.39 is 0 Å². The van der Waals surface area contributed by atoms with Crippen molar-refractivity contribution in [2.45, 2.75) is 46.2 Å². The van der Waals surface area contributed by atoms with Gasteiger partial charge in [-0.2, -0.15) is 0 Å². The fraction of sp³-hybridized carbons (Fsp3) is 0.765. The van der Waals surface area contributed by atoms with E-state index in [2.05, 4.69) is 35.3 Å². The van der Waals surface area contributed by atoms with Gasteiger partial charge >= 0.3 is 0 Å². The fourth-order valence-corrected chi connectivity index (χ4v) is 3.61. The monoisotopic (exact) mass is 321 g/mol. The van der Waals surface area contributed by atoms with Crippen LogP contribution in [0.4, 0.5) is 0 Å². The number of ether oxygens (including phenoxy) is 1. The van der Waals surface area contributed by atoms with Crippen LogP contribution in [0.25, 0.3) is 0 Å². The number of morpholine rings is 1. The van der Waals surface area contributed by atoms with Gasteiger partial charge in [-0.15, -0.1) is 0 Å². The number of carbonyl (C=O) groups is 1. The van der Waals surface area contributed by atoms with E-state index in [-0.39, 0.29) is 17.4 Å². The van der Waals surface area contributed by atoms with Crippen LogP contribution < -0.4 is 5.32 Å². The number of amides is 1. The molecular formula is C17H27N3O3. The molecule has 1 saturated carbocycles. The minimum absolute atomic E-state index is 0.0516. The number of hydrogen-bond acceptors (Lipinski definition) is 5. The number of nitrogens with one attached hydrogen (secondary N) is 1. The van der Waals surface area contributed by atoms with Crippen LogP contribution in [0.2, 0.25) is 0 Å². The van der Waals surface area contributed by atoms with Crippen LogP contribution in [0.5, 0.6) is 0 Å². The quantitative estimate of drug-likeness (QED) is 0.892. The zero-order valence-corrected chi connectivity index (χ0v) is 14.3. The summed E-state index contributed by atoms with van der Waals surface area (Å²) in [7, 11) is 0. The minimum atomic E-state index is 0.0516. The van der Waals surface area contributed by atoms with Crippen LogP contribution in [0.3, 0.4) is 0 Å². The Morgan fingerprint density at radius 2 is 2.17 bits per heavy atom. The molecule has 6 nitrogen and oxygen atoms in total. The first-order valence-corrected chi connectivity index (χ1v) is 8.47. The third kappa shape index (κ3) is 3.75. The fourth-order valence-electron chi connectivity index (χ4n) is 3.61. The molecule has 23 heavy (non-hydrogen) atoms. The molecule has 1 aromatic rings. The molecule has 2 fully saturated rings. The lowest BCUT2D eigenvalue weighted by Crippen LogP contribution is -2.58. The van der Waals surface area contributed by atoms with Crippen molar-refractivity contribution in [1.29, 1.82) is 0 Å². The first-order chi connectivity index (χ1) is 10.9. The first kappa shape index (κ1) is 16.5. The Bertz CT molecular complexity index is 549. The summed E-state index contributed by atoms with van der Waals surface area (Å²) in [6.07, 6.45) is 1.92. The number of aromatic nitrogens is 1. The Labute approximate surface area is 137 Å². The molecule has 1 N–H and O–H groups in total. The summed E-state index contributed by atoms with van der Waals surface area (Å²) in [5.41, 5.74) is 1.13. The van der Waals surface area contributed by atoms with Gasteiger partial charge in [0.2, 0.25) is 5.91 Å². The largest absolute Gasteiger partial charge is 0.379 e. The van der Waals surface area contributed by atoms with Crippen molar-refractivity contribution < 1.29 is 14.1 Å². The molecule has 1 aliphatic carbocycles. The van der Waals surface area contributed by atoms with E-state index in [1.54, 1.807) is 6.92 Å². The lowest BCUT2D eigenvalue weighted by molar-refractivity contribution is -0.123. The van der Waals surface area contributed by atoms with Crippen LogP contribution in [0.1, 0.15) is 38.6 Å². The summed E-state index contributed by atoms with van der Waals surface area (Å²) >= 11 is 0. The van der Waals surface area contributed by atoms with Gasteiger partial charge in [0.1, 0.15) is 0 Å². The van der Waals surface area contributed by atoms with Gasteiger partial charge in [0.05, 0.1) is 25.5 Å². The topological polar surface area (TPSA) is 67.6 Å². The van der Waals surface area contributed by atoms with Crippen LogP contribution >= 0.6 is 0 Å². The van der Waals surface area contributed by atoms with Gasteiger partial charge in [0.25, 0.3) is 0 Å². The SMILES string of the molecule is CC(=O)N[C@H]1C[C@@H](Cc2cc(CN3CCOCC3)on2)C1(C)C. The average Bonchev–Trinajstić information content (AvgIpc) is 2.94. The summed E-state index contributed by atoms with van der Waals surface area (Å²) in [6, 6.07) is 2.35. The molecule has 1 aliphatic heterocycles. The Morgan fingerprint density at radius 3 is 2.83 bits per heavy atom. The highest BCUT2D eigenvalue weighted by Crippen LogP contribution is 2.47. The molecule has 0 unspecified atom stereocenters. The summed E-state index contributed by atoms with van der Waals surface area (Å²) in [4.78, 5) is 13.6. The average molecular weight is 321 g/mol. The predicted octanol–water partition coefficient (Wildman–Crippen LogP) is 1.60. The van der Waals surface area contributed by atoms with Gasteiger partial charge in [-0.25, -0.2) is 0 Å². The van der Waals surface area contributed by atoms with E-state index in [9.17, 15) is 4.79 Å². The minimum Gasteiger partial charge on any atom is -0.379 e. The third-order valence-corrected chi connectivity index (χ3v) is 5.39. The molecule has 1 saturated heterocycles. The summed E-state index contributed by atoms with van der Waals surface area (Å²) in [5.74, 6) is 1.51. The molecule has 2 heterocycles. The van der Waals surface area contributed by atoms with E-state index in [0.717, 1.165) is 57.1 Å². The van der Waals surface area contributed by atoms with Gasteiger partial charge in [-0.05, 0) is 24.2 Å². The highest BCUT2D eigenvalue weighted by Gasteiger charge is 2.48. The molecule has 0 bridgehead atoms. The molecule has 1 aromatic heterocycles.